The number of rotatable bonds is 9. The number of nitrogens with zero attached hydrogens (tertiary/aromatic N) is 2. The van der Waals surface area contributed by atoms with E-state index in [2.05, 4.69) is 17.3 Å². The first kappa shape index (κ1) is 20.2. The molecule has 1 aliphatic rings. The van der Waals surface area contributed by atoms with E-state index in [1.54, 1.807) is 4.68 Å². The number of aromatic nitrogens is 2. The van der Waals surface area contributed by atoms with Crippen LogP contribution in [0.4, 0.5) is 0 Å². The largest absolute Gasteiger partial charge is 0.490 e. The van der Waals surface area contributed by atoms with E-state index in [1.807, 2.05) is 38.2 Å². The lowest BCUT2D eigenvalue weighted by atomic mass is 9.89. The molecule has 1 aliphatic carbocycles. The van der Waals surface area contributed by atoms with Gasteiger partial charge < -0.3 is 14.8 Å². The van der Waals surface area contributed by atoms with E-state index in [-0.39, 0.29) is 12.5 Å². The number of carbonyl (C=O) groups is 1. The van der Waals surface area contributed by atoms with Crippen molar-refractivity contribution in [3.8, 4) is 11.5 Å². The van der Waals surface area contributed by atoms with Gasteiger partial charge >= 0.3 is 0 Å². The number of hydrogen-bond acceptors (Lipinski definition) is 4. The van der Waals surface area contributed by atoms with Crippen LogP contribution in [0.5, 0.6) is 11.5 Å². The Morgan fingerprint density at radius 3 is 2.82 bits per heavy atom. The van der Waals surface area contributed by atoms with Crippen LogP contribution in [0.15, 0.2) is 24.4 Å². The summed E-state index contributed by atoms with van der Waals surface area (Å²) in [6, 6.07) is 5.94. The van der Waals surface area contributed by atoms with Crippen LogP contribution in [-0.2, 0) is 30.6 Å². The van der Waals surface area contributed by atoms with Gasteiger partial charge in [-0.15, -0.1) is 0 Å². The van der Waals surface area contributed by atoms with Gasteiger partial charge in [-0.25, -0.2) is 0 Å². The molecule has 1 aromatic carbocycles. The molecule has 0 saturated heterocycles. The number of fused-ring (bicyclic) bond motifs is 1. The summed E-state index contributed by atoms with van der Waals surface area (Å²) in [7, 11) is 0. The van der Waals surface area contributed by atoms with E-state index in [4.69, 9.17) is 9.47 Å². The Bertz CT molecular complexity index is 800. The molecule has 1 N–H and O–H groups in total. The van der Waals surface area contributed by atoms with Crippen LogP contribution in [0.1, 0.15) is 44.0 Å². The molecule has 0 radical (unpaired) electrons. The Kier molecular flexibility index (Phi) is 6.95. The number of ether oxygens (including phenoxy) is 2. The molecule has 3 rings (SSSR count). The van der Waals surface area contributed by atoms with E-state index in [9.17, 15) is 4.79 Å². The quantitative estimate of drug-likeness (QED) is 0.720. The number of carbonyl (C=O) groups excluding carboxylic acids is 1. The SMILES string of the molecule is CCOc1ccc(CCNC(=O)Cn2cc3c(n2)CC[C@@H](C)C3)cc1OCC. The maximum absolute atomic E-state index is 12.3. The summed E-state index contributed by atoms with van der Waals surface area (Å²) in [6.07, 6.45) is 6.04. The maximum Gasteiger partial charge on any atom is 0.241 e. The Morgan fingerprint density at radius 1 is 1.25 bits per heavy atom. The third-order valence-corrected chi connectivity index (χ3v) is 5.02. The molecule has 0 saturated carbocycles. The minimum atomic E-state index is -0.0103. The number of amides is 1. The third-order valence-electron chi connectivity index (χ3n) is 5.02. The second-order valence-corrected chi connectivity index (χ2v) is 7.39. The van der Waals surface area contributed by atoms with Gasteiger partial charge in [0.1, 0.15) is 6.54 Å². The number of aryl methyl sites for hydroxylation is 1. The highest BCUT2D eigenvalue weighted by Crippen LogP contribution is 2.28. The average molecular weight is 386 g/mol. The highest BCUT2D eigenvalue weighted by atomic mass is 16.5. The van der Waals surface area contributed by atoms with Crippen LogP contribution in [0.25, 0.3) is 0 Å². The molecule has 0 aliphatic heterocycles. The molecule has 28 heavy (non-hydrogen) atoms. The summed E-state index contributed by atoms with van der Waals surface area (Å²) in [5.41, 5.74) is 3.56. The lowest BCUT2D eigenvalue weighted by molar-refractivity contribution is -0.121. The van der Waals surface area contributed by atoms with Crippen LogP contribution in [-0.4, -0.2) is 35.4 Å². The van der Waals surface area contributed by atoms with E-state index in [1.165, 1.54) is 12.0 Å². The van der Waals surface area contributed by atoms with Gasteiger partial charge in [0, 0.05) is 12.7 Å². The molecule has 6 heteroatoms. The first-order valence-electron chi connectivity index (χ1n) is 10.3. The van der Waals surface area contributed by atoms with Gasteiger partial charge in [0.05, 0.1) is 18.9 Å². The summed E-state index contributed by atoms with van der Waals surface area (Å²) in [5.74, 6) is 2.21. The maximum atomic E-state index is 12.3. The van der Waals surface area contributed by atoms with Crippen molar-refractivity contribution in [2.75, 3.05) is 19.8 Å². The molecular formula is C22H31N3O3. The summed E-state index contributed by atoms with van der Waals surface area (Å²) >= 11 is 0. The monoisotopic (exact) mass is 385 g/mol. The topological polar surface area (TPSA) is 65.4 Å². The third kappa shape index (κ3) is 5.27. The normalized spacial score (nSPS) is 15.8. The van der Waals surface area contributed by atoms with Gasteiger partial charge in [-0.05, 0) is 68.7 Å². The Morgan fingerprint density at radius 2 is 2.04 bits per heavy atom. The fraction of sp³-hybridized carbons (Fsp3) is 0.545. The second kappa shape index (κ2) is 9.62. The molecule has 152 valence electrons. The van der Waals surface area contributed by atoms with Gasteiger partial charge in [0.25, 0.3) is 0 Å². The van der Waals surface area contributed by atoms with Crippen molar-refractivity contribution in [3.05, 3.63) is 41.2 Å². The zero-order chi connectivity index (χ0) is 19.9. The lowest BCUT2D eigenvalue weighted by Crippen LogP contribution is -2.29. The van der Waals surface area contributed by atoms with Crippen molar-refractivity contribution in [1.82, 2.24) is 15.1 Å². The number of nitrogens with one attached hydrogen (secondary N) is 1. The molecule has 2 aromatic rings. The smallest absolute Gasteiger partial charge is 0.241 e. The Labute approximate surface area is 167 Å². The fourth-order valence-corrected chi connectivity index (χ4v) is 3.63. The number of hydrogen-bond donors (Lipinski definition) is 1. The Balaban J connectivity index is 1.49. The van der Waals surface area contributed by atoms with Crippen molar-refractivity contribution in [1.29, 1.82) is 0 Å². The molecule has 1 aromatic heterocycles. The lowest BCUT2D eigenvalue weighted by Gasteiger charge is -2.15. The molecule has 0 fully saturated rings. The van der Waals surface area contributed by atoms with Crippen molar-refractivity contribution in [3.63, 3.8) is 0 Å². The zero-order valence-electron chi connectivity index (χ0n) is 17.2. The predicted octanol–water partition coefficient (Wildman–Crippen LogP) is 3.16. The van der Waals surface area contributed by atoms with Crippen molar-refractivity contribution < 1.29 is 14.3 Å². The van der Waals surface area contributed by atoms with E-state index >= 15 is 0 Å². The molecule has 1 atom stereocenters. The average Bonchev–Trinajstić information content (AvgIpc) is 3.05. The van der Waals surface area contributed by atoms with Crippen LogP contribution in [0, 0.1) is 5.92 Å². The minimum absolute atomic E-state index is 0.0103. The highest BCUT2D eigenvalue weighted by Gasteiger charge is 2.19. The van der Waals surface area contributed by atoms with Gasteiger partial charge in [-0.2, -0.15) is 5.10 Å². The molecular weight excluding hydrogens is 354 g/mol. The van der Waals surface area contributed by atoms with E-state index < -0.39 is 0 Å². The second-order valence-electron chi connectivity index (χ2n) is 7.39. The van der Waals surface area contributed by atoms with Gasteiger partial charge in [-0.1, -0.05) is 13.0 Å². The van der Waals surface area contributed by atoms with Gasteiger partial charge in [0.2, 0.25) is 5.91 Å². The predicted molar refractivity (Wildman–Crippen MR) is 109 cm³/mol. The molecule has 0 bridgehead atoms. The molecule has 1 heterocycles. The fourth-order valence-electron chi connectivity index (χ4n) is 3.63. The van der Waals surface area contributed by atoms with Crippen LogP contribution < -0.4 is 14.8 Å². The standard InChI is InChI=1S/C22H31N3O3/c1-4-27-20-9-7-17(13-21(20)28-5-2)10-11-23-22(26)15-25-14-18-12-16(3)6-8-19(18)24-25/h7,9,13-14,16H,4-6,8,10-12,15H2,1-3H3,(H,23,26)/t16-/m1/s1. The van der Waals surface area contributed by atoms with Crippen molar-refractivity contribution in [2.24, 2.45) is 5.92 Å². The van der Waals surface area contributed by atoms with Crippen LogP contribution >= 0.6 is 0 Å². The Hall–Kier alpha value is -2.50. The van der Waals surface area contributed by atoms with Crippen molar-refractivity contribution in [2.45, 2.75) is 53.0 Å². The number of benzene rings is 1. The molecule has 6 nitrogen and oxygen atoms in total. The van der Waals surface area contributed by atoms with Gasteiger partial charge in [-0.3, -0.25) is 9.48 Å². The summed E-state index contributed by atoms with van der Waals surface area (Å²) in [4.78, 5) is 12.3. The van der Waals surface area contributed by atoms with E-state index in [0.717, 1.165) is 42.0 Å². The van der Waals surface area contributed by atoms with Gasteiger partial charge in [0.15, 0.2) is 11.5 Å². The molecule has 1 amide bonds. The van der Waals surface area contributed by atoms with Crippen LogP contribution in [0.3, 0.4) is 0 Å². The first-order chi connectivity index (χ1) is 13.6. The zero-order valence-corrected chi connectivity index (χ0v) is 17.2. The van der Waals surface area contributed by atoms with Crippen molar-refractivity contribution >= 4 is 5.91 Å². The summed E-state index contributed by atoms with van der Waals surface area (Å²) in [6.45, 7) is 8.22. The summed E-state index contributed by atoms with van der Waals surface area (Å²) < 4.78 is 13.0. The molecule has 0 unspecified atom stereocenters. The first-order valence-corrected chi connectivity index (χ1v) is 10.3. The van der Waals surface area contributed by atoms with E-state index in [0.29, 0.717) is 25.7 Å². The van der Waals surface area contributed by atoms with Crippen LogP contribution in [0.2, 0.25) is 0 Å². The molecule has 0 spiro atoms. The summed E-state index contributed by atoms with van der Waals surface area (Å²) in [5, 5.41) is 7.56. The highest BCUT2D eigenvalue weighted by molar-refractivity contribution is 5.75. The minimum Gasteiger partial charge on any atom is -0.490 e.